The van der Waals surface area contributed by atoms with E-state index < -0.39 is 15.8 Å². The molecule has 1 saturated heterocycles. The molecule has 7 nitrogen and oxygen atoms in total. The van der Waals surface area contributed by atoms with E-state index in [4.69, 9.17) is 4.74 Å². The maximum absolute atomic E-state index is 13.1. The van der Waals surface area contributed by atoms with Crippen molar-refractivity contribution in [2.24, 2.45) is 0 Å². The van der Waals surface area contributed by atoms with Crippen LogP contribution in [0.5, 0.6) is 5.75 Å². The SMILES string of the molecule is CCOc1ccc2c(c1)CN(CC(=O)N1CCN(S(=O)(=O)c3ccc(F)cc3)CC1)CC2. The van der Waals surface area contributed by atoms with Crippen LogP contribution in [0, 0.1) is 5.82 Å². The van der Waals surface area contributed by atoms with E-state index >= 15 is 0 Å². The number of rotatable bonds is 6. The second-order valence-electron chi connectivity index (χ2n) is 8.06. The number of hydrogen-bond donors (Lipinski definition) is 0. The number of halogens is 1. The third-order valence-corrected chi connectivity index (χ3v) is 7.89. The lowest BCUT2D eigenvalue weighted by atomic mass is 9.99. The Labute approximate surface area is 188 Å². The first kappa shape index (κ1) is 22.7. The average molecular weight is 462 g/mol. The number of carbonyl (C=O) groups excluding carboxylic acids is 1. The van der Waals surface area contributed by atoms with Crippen molar-refractivity contribution in [2.45, 2.75) is 24.8 Å². The monoisotopic (exact) mass is 461 g/mol. The number of benzene rings is 2. The minimum absolute atomic E-state index is 0.00763. The van der Waals surface area contributed by atoms with Crippen LogP contribution in [0.25, 0.3) is 0 Å². The Morgan fingerprint density at radius 2 is 1.72 bits per heavy atom. The summed E-state index contributed by atoms with van der Waals surface area (Å²) in [6.45, 7) is 5.53. The van der Waals surface area contributed by atoms with Gasteiger partial charge in [-0.3, -0.25) is 9.69 Å². The van der Waals surface area contributed by atoms with E-state index in [0.29, 0.717) is 32.8 Å². The van der Waals surface area contributed by atoms with Gasteiger partial charge in [0, 0.05) is 39.3 Å². The molecule has 1 fully saturated rings. The van der Waals surface area contributed by atoms with Crippen molar-refractivity contribution in [3.8, 4) is 5.75 Å². The van der Waals surface area contributed by atoms with Crippen LogP contribution in [0.3, 0.4) is 0 Å². The summed E-state index contributed by atoms with van der Waals surface area (Å²) in [6.07, 6.45) is 0.888. The first-order valence-electron chi connectivity index (χ1n) is 10.9. The average Bonchev–Trinajstić information content (AvgIpc) is 2.79. The fourth-order valence-electron chi connectivity index (χ4n) is 4.21. The number of amides is 1. The van der Waals surface area contributed by atoms with Crippen molar-refractivity contribution in [1.82, 2.24) is 14.1 Å². The van der Waals surface area contributed by atoms with Crippen molar-refractivity contribution < 1.29 is 22.3 Å². The number of ether oxygens (including phenoxy) is 1. The Morgan fingerprint density at radius 3 is 2.41 bits per heavy atom. The highest BCUT2D eigenvalue weighted by molar-refractivity contribution is 7.89. The first-order chi connectivity index (χ1) is 15.4. The minimum atomic E-state index is -3.69. The third-order valence-electron chi connectivity index (χ3n) is 5.98. The zero-order chi connectivity index (χ0) is 22.7. The molecule has 0 radical (unpaired) electrons. The molecule has 2 aliphatic rings. The molecule has 0 spiro atoms. The number of sulfonamides is 1. The molecule has 0 N–H and O–H groups in total. The van der Waals surface area contributed by atoms with Crippen LogP contribution in [0.4, 0.5) is 4.39 Å². The molecule has 2 heterocycles. The van der Waals surface area contributed by atoms with E-state index in [1.54, 1.807) is 4.90 Å². The maximum Gasteiger partial charge on any atom is 0.243 e. The van der Waals surface area contributed by atoms with E-state index in [0.717, 1.165) is 30.8 Å². The quantitative estimate of drug-likeness (QED) is 0.659. The zero-order valence-corrected chi connectivity index (χ0v) is 19.0. The van der Waals surface area contributed by atoms with Gasteiger partial charge in [0.05, 0.1) is 18.0 Å². The molecule has 2 aromatic rings. The van der Waals surface area contributed by atoms with E-state index in [2.05, 4.69) is 17.0 Å². The highest BCUT2D eigenvalue weighted by Gasteiger charge is 2.31. The van der Waals surface area contributed by atoms with Gasteiger partial charge in [0.25, 0.3) is 0 Å². The van der Waals surface area contributed by atoms with E-state index in [1.807, 2.05) is 13.0 Å². The summed E-state index contributed by atoms with van der Waals surface area (Å²) in [6, 6.07) is 11.0. The van der Waals surface area contributed by atoms with Crippen molar-refractivity contribution in [2.75, 3.05) is 45.9 Å². The summed E-state index contributed by atoms with van der Waals surface area (Å²) >= 11 is 0. The van der Waals surface area contributed by atoms with E-state index in [1.165, 1.54) is 27.6 Å². The second kappa shape index (κ2) is 9.56. The molecule has 0 saturated carbocycles. The van der Waals surface area contributed by atoms with Crippen LogP contribution in [-0.2, 0) is 27.8 Å². The lowest BCUT2D eigenvalue weighted by molar-refractivity contribution is -0.133. The molecule has 0 unspecified atom stereocenters. The van der Waals surface area contributed by atoms with Gasteiger partial charge in [0.2, 0.25) is 15.9 Å². The third kappa shape index (κ3) is 4.95. The highest BCUT2D eigenvalue weighted by Crippen LogP contribution is 2.24. The summed E-state index contributed by atoms with van der Waals surface area (Å²) in [5.41, 5.74) is 2.47. The molecular formula is C23H28FN3O4S. The smallest absolute Gasteiger partial charge is 0.243 e. The number of carbonyl (C=O) groups is 1. The first-order valence-corrected chi connectivity index (χ1v) is 12.3. The molecule has 4 rings (SSSR count). The van der Waals surface area contributed by atoms with Gasteiger partial charge in [0.15, 0.2) is 0 Å². The Morgan fingerprint density at radius 1 is 1.00 bits per heavy atom. The summed E-state index contributed by atoms with van der Waals surface area (Å²) in [5.74, 6) is 0.375. The summed E-state index contributed by atoms with van der Waals surface area (Å²) < 4.78 is 45.6. The summed E-state index contributed by atoms with van der Waals surface area (Å²) in [5, 5.41) is 0. The molecule has 0 atom stereocenters. The van der Waals surface area contributed by atoms with Crippen LogP contribution in [-0.4, -0.2) is 74.3 Å². The minimum Gasteiger partial charge on any atom is -0.494 e. The van der Waals surface area contributed by atoms with Gasteiger partial charge in [-0.15, -0.1) is 0 Å². The highest BCUT2D eigenvalue weighted by atomic mass is 32.2. The molecule has 2 aliphatic heterocycles. The van der Waals surface area contributed by atoms with Crippen molar-refractivity contribution in [1.29, 1.82) is 0 Å². The van der Waals surface area contributed by atoms with Crippen LogP contribution < -0.4 is 4.74 Å². The lowest BCUT2D eigenvalue weighted by Gasteiger charge is -2.36. The molecule has 32 heavy (non-hydrogen) atoms. The topological polar surface area (TPSA) is 70.2 Å². The van der Waals surface area contributed by atoms with Gasteiger partial charge in [-0.05, 0) is 60.9 Å². The zero-order valence-electron chi connectivity index (χ0n) is 18.2. The number of nitrogens with zero attached hydrogens (tertiary/aromatic N) is 3. The van der Waals surface area contributed by atoms with Crippen LogP contribution in [0.1, 0.15) is 18.1 Å². The lowest BCUT2D eigenvalue weighted by Crippen LogP contribution is -2.52. The molecule has 0 bridgehead atoms. The molecule has 0 aromatic heterocycles. The van der Waals surface area contributed by atoms with Gasteiger partial charge in [-0.2, -0.15) is 4.31 Å². The fraction of sp³-hybridized carbons (Fsp3) is 0.435. The molecular weight excluding hydrogens is 433 g/mol. The normalized spacial score (nSPS) is 17.8. The molecule has 2 aromatic carbocycles. The van der Waals surface area contributed by atoms with Crippen LogP contribution in [0.15, 0.2) is 47.4 Å². The number of hydrogen-bond acceptors (Lipinski definition) is 5. The fourth-order valence-corrected chi connectivity index (χ4v) is 5.63. The van der Waals surface area contributed by atoms with E-state index in [-0.39, 0.29) is 23.9 Å². The van der Waals surface area contributed by atoms with Crippen molar-refractivity contribution >= 4 is 15.9 Å². The van der Waals surface area contributed by atoms with Gasteiger partial charge in [-0.25, -0.2) is 12.8 Å². The summed E-state index contributed by atoms with van der Waals surface area (Å²) in [4.78, 5) is 16.8. The standard InChI is InChI=1S/C23H28FN3O4S/c1-2-31-21-6-3-18-9-10-25(16-19(18)15-21)17-23(28)26-11-13-27(14-12-26)32(29,30)22-7-4-20(24)5-8-22/h3-8,15H,2,9-14,16-17H2,1H3. The van der Waals surface area contributed by atoms with Crippen molar-refractivity contribution in [3.63, 3.8) is 0 Å². The predicted octanol–water partition coefficient (Wildman–Crippen LogP) is 2.12. The van der Waals surface area contributed by atoms with Crippen molar-refractivity contribution in [3.05, 3.63) is 59.4 Å². The van der Waals surface area contributed by atoms with Crippen LogP contribution in [0.2, 0.25) is 0 Å². The number of piperazine rings is 1. The van der Waals surface area contributed by atoms with Crippen LogP contribution >= 0.6 is 0 Å². The molecule has 9 heteroatoms. The Hall–Kier alpha value is -2.49. The predicted molar refractivity (Wildman–Crippen MR) is 118 cm³/mol. The Balaban J connectivity index is 1.32. The molecule has 172 valence electrons. The summed E-state index contributed by atoms with van der Waals surface area (Å²) in [7, 11) is -3.69. The largest absolute Gasteiger partial charge is 0.494 e. The van der Waals surface area contributed by atoms with Gasteiger partial charge in [0.1, 0.15) is 11.6 Å². The number of fused-ring (bicyclic) bond motifs is 1. The Bertz CT molecular complexity index is 1070. The second-order valence-corrected chi connectivity index (χ2v) is 10.0. The van der Waals surface area contributed by atoms with E-state index in [9.17, 15) is 17.6 Å². The Kier molecular flexibility index (Phi) is 6.78. The maximum atomic E-state index is 13.1. The molecule has 0 aliphatic carbocycles. The van der Waals surface area contributed by atoms with Gasteiger partial charge in [-0.1, -0.05) is 6.07 Å². The van der Waals surface area contributed by atoms with Gasteiger partial charge >= 0.3 is 0 Å². The molecule has 1 amide bonds. The van der Waals surface area contributed by atoms with Gasteiger partial charge < -0.3 is 9.64 Å².